The van der Waals surface area contributed by atoms with Crippen LogP contribution in [0.3, 0.4) is 0 Å². The maximum Gasteiger partial charge on any atom is 0.201 e. The molecule has 0 saturated heterocycles. The summed E-state index contributed by atoms with van der Waals surface area (Å²) in [5.74, 6) is 2.92. The third-order valence-electron chi connectivity index (χ3n) is 6.17. The molecule has 4 saturated carbocycles. The van der Waals surface area contributed by atoms with Gasteiger partial charge < -0.3 is 0 Å². The lowest BCUT2D eigenvalue weighted by molar-refractivity contribution is -0.00688. The molecule has 6 rings (SSSR count). The maximum atomic E-state index is 4.96. The zero-order chi connectivity index (χ0) is 15.3. The van der Waals surface area contributed by atoms with E-state index in [9.17, 15) is 0 Å². The first-order chi connectivity index (χ1) is 11.3. The second-order valence-electron chi connectivity index (χ2n) is 7.85. The van der Waals surface area contributed by atoms with Crippen LogP contribution in [0.5, 0.6) is 0 Å². The van der Waals surface area contributed by atoms with Gasteiger partial charge >= 0.3 is 0 Å². The Morgan fingerprint density at radius 2 is 1.57 bits per heavy atom. The van der Waals surface area contributed by atoms with Crippen LogP contribution in [0.25, 0.3) is 0 Å². The number of anilines is 2. The van der Waals surface area contributed by atoms with Gasteiger partial charge in [0.05, 0.1) is 11.4 Å². The minimum atomic E-state index is 0.401. The molecule has 0 spiro atoms. The van der Waals surface area contributed by atoms with Gasteiger partial charge in [0.2, 0.25) is 5.13 Å². The van der Waals surface area contributed by atoms with E-state index in [4.69, 9.17) is 4.98 Å². The first kappa shape index (κ1) is 13.8. The third-order valence-corrected chi connectivity index (χ3v) is 6.93. The van der Waals surface area contributed by atoms with E-state index in [1.54, 1.807) is 11.3 Å². The highest BCUT2D eigenvalue weighted by Gasteiger charge is 2.52. The number of nitrogens with one attached hydrogen (secondary N) is 2. The smallest absolute Gasteiger partial charge is 0.201 e. The van der Waals surface area contributed by atoms with Gasteiger partial charge in [-0.3, -0.25) is 10.9 Å². The van der Waals surface area contributed by atoms with Crippen LogP contribution in [-0.4, -0.2) is 4.98 Å². The highest BCUT2D eigenvalue weighted by Crippen LogP contribution is 2.60. The minimum Gasteiger partial charge on any atom is -0.299 e. The summed E-state index contributed by atoms with van der Waals surface area (Å²) >= 11 is 1.73. The Hall–Kier alpha value is -1.55. The van der Waals surface area contributed by atoms with Crippen molar-refractivity contribution in [2.45, 2.75) is 43.9 Å². The molecule has 0 amide bonds. The maximum absolute atomic E-state index is 4.96. The standard InChI is InChI=1S/C19H23N3S/c1-2-4-16(5-3-1)21-22-18-20-17(12-23-18)19-9-13-6-14(10-19)8-15(7-13)11-19/h1-5,12-15,21H,6-11H2,(H,20,22). The molecule has 0 atom stereocenters. The van der Waals surface area contributed by atoms with Crippen molar-refractivity contribution < 1.29 is 0 Å². The molecule has 0 aliphatic heterocycles. The number of hydrogen-bond acceptors (Lipinski definition) is 4. The molecule has 3 nitrogen and oxygen atoms in total. The number of aromatic nitrogens is 1. The second kappa shape index (κ2) is 5.23. The normalized spacial score (nSPS) is 34.5. The second-order valence-corrected chi connectivity index (χ2v) is 8.71. The van der Waals surface area contributed by atoms with Gasteiger partial charge in [0.25, 0.3) is 0 Å². The van der Waals surface area contributed by atoms with Gasteiger partial charge in [-0.05, 0) is 68.4 Å². The van der Waals surface area contributed by atoms with Crippen molar-refractivity contribution in [3.63, 3.8) is 0 Å². The summed E-state index contributed by atoms with van der Waals surface area (Å²) in [5.41, 5.74) is 9.35. The van der Waals surface area contributed by atoms with Gasteiger partial charge in [0.1, 0.15) is 0 Å². The van der Waals surface area contributed by atoms with E-state index in [2.05, 4.69) is 28.4 Å². The summed E-state index contributed by atoms with van der Waals surface area (Å²) < 4.78 is 0. The average molecular weight is 325 g/mol. The van der Waals surface area contributed by atoms with Gasteiger partial charge in [0, 0.05) is 10.8 Å². The van der Waals surface area contributed by atoms with Crippen molar-refractivity contribution in [2.75, 3.05) is 10.9 Å². The molecule has 23 heavy (non-hydrogen) atoms. The molecular weight excluding hydrogens is 302 g/mol. The molecule has 4 heteroatoms. The van der Waals surface area contributed by atoms with Gasteiger partial charge in [-0.1, -0.05) is 18.2 Å². The van der Waals surface area contributed by atoms with Crippen LogP contribution >= 0.6 is 11.3 Å². The van der Waals surface area contributed by atoms with Crippen LogP contribution in [0.2, 0.25) is 0 Å². The molecule has 4 bridgehead atoms. The molecule has 0 unspecified atom stereocenters. The number of hydrazine groups is 1. The fraction of sp³-hybridized carbons (Fsp3) is 0.526. The summed E-state index contributed by atoms with van der Waals surface area (Å²) in [4.78, 5) is 4.96. The number of para-hydroxylation sites is 1. The Morgan fingerprint density at radius 1 is 0.913 bits per heavy atom. The fourth-order valence-corrected chi connectivity index (χ4v) is 6.43. The molecule has 4 aliphatic rings. The minimum absolute atomic E-state index is 0.401. The average Bonchev–Trinajstić information content (AvgIpc) is 3.02. The SMILES string of the molecule is c1ccc(NNc2nc(C34CC5CC(CC(C5)C3)C4)cs2)cc1. The van der Waals surface area contributed by atoms with Crippen LogP contribution in [0.1, 0.15) is 44.2 Å². The van der Waals surface area contributed by atoms with Crippen molar-refractivity contribution >= 4 is 22.2 Å². The zero-order valence-electron chi connectivity index (χ0n) is 13.3. The Balaban J connectivity index is 1.33. The van der Waals surface area contributed by atoms with E-state index >= 15 is 0 Å². The Kier molecular flexibility index (Phi) is 3.15. The van der Waals surface area contributed by atoms with Crippen LogP contribution in [0.4, 0.5) is 10.8 Å². The number of hydrogen-bond donors (Lipinski definition) is 2. The number of benzene rings is 1. The van der Waals surface area contributed by atoms with Crippen molar-refractivity contribution in [2.24, 2.45) is 17.8 Å². The predicted molar refractivity (Wildman–Crippen MR) is 95.7 cm³/mol. The topological polar surface area (TPSA) is 37.0 Å². The van der Waals surface area contributed by atoms with E-state index in [1.165, 1.54) is 44.2 Å². The monoisotopic (exact) mass is 325 g/mol. The summed E-state index contributed by atoms with van der Waals surface area (Å²) in [6.07, 6.45) is 8.62. The Morgan fingerprint density at radius 3 is 2.22 bits per heavy atom. The summed E-state index contributed by atoms with van der Waals surface area (Å²) in [6, 6.07) is 10.2. The number of nitrogens with zero attached hydrogens (tertiary/aromatic N) is 1. The van der Waals surface area contributed by atoms with Crippen molar-refractivity contribution in [1.82, 2.24) is 4.98 Å². The van der Waals surface area contributed by atoms with E-state index in [1.807, 2.05) is 18.2 Å². The summed E-state index contributed by atoms with van der Waals surface area (Å²) in [7, 11) is 0. The van der Waals surface area contributed by atoms with Gasteiger partial charge in [0.15, 0.2) is 0 Å². The van der Waals surface area contributed by atoms with E-state index in [-0.39, 0.29) is 0 Å². The molecule has 1 heterocycles. The molecular formula is C19H23N3S. The lowest BCUT2D eigenvalue weighted by Gasteiger charge is -2.56. The van der Waals surface area contributed by atoms with Crippen molar-refractivity contribution in [3.05, 3.63) is 41.4 Å². The van der Waals surface area contributed by atoms with Crippen LogP contribution in [0.15, 0.2) is 35.7 Å². The van der Waals surface area contributed by atoms with Crippen LogP contribution in [0, 0.1) is 17.8 Å². The predicted octanol–water partition coefficient (Wildman–Crippen LogP) is 5.05. The highest BCUT2D eigenvalue weighted by atomic mass is 32.1. The van der Waals surface area contributed by atoms with Crippen molar-refractivity contribution in [3.8, 4) is 0 Å². The zero-order valence-corrected chi connectivity index (χ0v) is 14.1. The molecule has 2 N–H and O–H groups in total. The number of rotatable bonds is 4. The quantitative estimate of drug-likeness (QED) is 0.772. The lowest BCUT2D eigenvalue weighted by Crippen LogP contribution is -2.48. The largest absolute Gasteiger partial charge is 0.299 e. The third kappa shape index (κ3) is 2.44. The molecule has 120 valence electrons. The first-order valence-electron chi connectivity index (χ1n) is 8.82. The van der Waals surface area contributed by atoms with E-state index in [0.29, 0.717) is 5.41 Å². The highest BCUT2D eigenvalue weighted by molar-refractivity contribution is 7.13. The van der Waals surface area contributed by atoms with Crippen molar-refractivity contribution in [1.29, 1.82) is 0 Å². The summed E-state index contributed by atoms with van der Waals surface area (Å²) in [6.45, 7) is 0. The fourth-order valence-electron chi connectivity index (χ4n) is 5.65. The first-order valence-corrected chi connectivity index (χ1v) is 9.70. The molecule has 4 fully saturated rings. The van der Waals surface area contributed by atoms with Crippen LogP contribution in [-0.2, 0) is 5.41 Å². The van der Waals surface area contributed by atoms with Gasteiger partial charge in [-0.25, -0.2) is 4.98 Å². The summed E-state index contributed by atoms with van der Waals surface area (Å²) in [5, 5.41) is 3.29. The van der Waals surface area contributed by atoms with Gasteiger partial charge in [-0.2, -0.15) is 0 Å². The molecule has 2 aromatic rings. The van der Waals surface area contributed by atoms with Crippen LogP contribution < -0.4 is 10.9 Å². The van der Waals surface area contributed by atoms with E-state index < -0.39 is 0 Å². The molecule has 1 aromatic heterocycles. The molecule has 1 aromatic carbocycles. The number of thiazole rings is 1. The Labute approximate surface area is 141 Å². The van der Waals surface area contributed by atoms with Gasteiger partial charge in [-0.15, -0.1) is 11.3 Å². The lowest BCUT2D eigenvalue weighted by atomic mass is 9.49. The molecule has 4 aliphatic carbocycles. The Bertz CT molecular complexity index is 658. The molecule has 0 radical (unpaired) electrons. The van der Waals surface area contributed by atoms with E-state index in [0.717, 1.165) is 28.6 Å².